The van der Waals surface area contributed by atoms with E-state index in [9.17, 15) is 0 Å². The first kappa shape index (κ1) is 12.3. The van der Waals surface area contributed by atoms with Crippen LogP contribution in [0.5, 0.6) is 0 Å². The molecule has 92 valence electrons. The van der Waals surface area contributed by atoms with Crippen LogP contribution in [0, 0.1) is 0 Å². The number of nitrogens with zero attached hydrogens (tertiary/aromatic N) is 2. The van der Waals surface area contributed by atoms with Crippen molar-refractivity contribution in [1.29, 1.82) is 0 Å². The molecule has 1 aromatic heterocycles. The van der Waals surface area contributed by atoms with E-state index < -0.39 is 0 Å². The summed E-state index contributed by atoms with van der Waals surface area (Å²) in [4.78, 5) is 4.28. The maximum atomic E-state index is 5.29. The van der Waals surface area contributed by atoms with E-state index in [-0.39, 0.29) is 5.11 Å². The highest BCUT2D eigenvalue weighted by Crippen LogP contribution is 2.23. The van der Waals surface area contributed by atoms with Crippen LogP contribution in [0.15, 0.2) is 35.6 Å². The van der Waals surface area contributed by atoms with Crippen LogP contribution in [0.2, 0.25) is 0 Å². The van der Waals surface area contributed by atoms with E-state index in [4.69, 9.17) is 5.73 Å². The molecular weight excluding hydrogens is 246 g/mol. The van der Waals surface area contributed by atoms with Gasteiger partial charge in [-0.1, -0.05) is 12.1 Å². The highest BCUT2D eigenvalue weighted by molar-refractivity contribution is 7.80. The summed E-state index contributed by atoms with van der Waals surface area (Å²) in [5, 5.41) is 9.29. The number of rotatable bonds is 3. The van der Waals surface area contributed by atoms with E-state index in [1.165, 1.54) is 0 Å². The van der Waals surface area contributed by atoms with Crippen LogP contribution in [-0.4, -0.2) is 23.4 Å². The average molecular weight is 259 g/mol. The molecule has 6 heteroatoms. The van der Waals surface area contributed by atoms with Gasteiger partial charge in [-0.05, 0) is 24.4 Å². The SMILES string of the molecule is CNc1cccc2c(C=NNC(N)=S)nccc12. The molecule has 0 radical (unpaired) electrons. The van der Waals surface area contributed by atoms with Crippen LogP contribution in [-0.2, 0) is 0 Å². The maximum Gasteiger partial charge on any atom is 0.184 e. The topological polar surface area (TPSA) is 75.3 Å². The van der Waals surface area contributed by atoms with Gasteiger partial charge in [-0.15, -0.1) is 0 Å². The van der Waals surface area contributed by atoms with E-state index in [0.29, 0.717) is 0 Å². The number of nitrogens with two attached hydrogens (primary N) is 1. The van der Waals surface area contributed by atoms with Crippen molar-refractivity contribution in [2.45, 2.75) is 0 Å². The maximum absolute atomic E-state index is 5.29. The molecule has 0 fully saturated rings. The number of hydrazone groups is 1. The Morgan fingerprint density at radius 1 is 1.39 bits per heavy atom. The van der Waals surface area contributed by atoms with Gasteiger partial charge in [-0.2, -0.15) is 5.10 Å². The minimum atomic E-state index is 0.127. The largest absolute Gasteiger partial charge is 0.388 e. The summed E-state index contributed by atoms with van der Waals surface area (Å²) in [5.41, 5.74) is 9.61. The lowest BCUT2D eigenvalue weighted by atomic mass is 10.1. The molecule has 0 bridgehead atoms. The quantitative estimate of drug-likeness (QED) is 0.442. The lowest BCUT2D eigenvalue weighted by Crippen LogP contribution is -2.24. The number of aromatic nitrogens is 1. The molecule has 0 saturated carbocycles. The van der Waals surface area contributed by atoms with Crippen molar-refractivity contribution < 1.29 is 0 Å². The Bertz CT molecular complexity index is 608. The first-order valence-electron chi connectivity index (χ1n) is 5.36. The number of nitrogens with one attached hydrogen (secondary N) is 2. The third kappa shape index (κ3) is 2.54. The van der Waals surface area contributed by atoms with Crippen LogP contribution < -0.4 is 16.5 Å². The van der Waals surface area contributed by atoms with Crippen molar-refractivity contribution in [1.82, 2.24) is 10.4 Å². The molecule has 2 rings (SSSR count). The molecule has 0 aliphatic rings. The summed E-state index contributed by atoms with van der Waals surface area (Å²) >= 11 is 4.67. The van der Waals surface area contributed by atoms with E-state index in [2.05, 4.69) is 33.0 Å². The van der Waals surface area contributed by atoms with Crippen molar-refractivity contribution in [3.63, 3.8) is 0 Å². The predicted molar refractivity (Wildman–Crippen MR) is 78.8 cm³/mol. The molecule has 0 aliphatic heterocycles. The minimum Gasteiger partial charge on any atom is -0.388 e. The van der Waals surface area contributed by atoms with Gasteiger partial charge in [0.1, 0.15) is 0 Å². The van der Waals surface area contributed by atoms with Gasteiger partial charge in [0.25, 0.3) is 0 Å². The summed E-state index contributed by atoms with van der Waals surface area (Å²) in [6, 6.07) is 7.93. The summed E-state index contributed by atoms with van der Waals surface area (Å²) in [7, 11) is 1.89. The third-order valence-electron chi connectivity index (χ3n) is 2.47. The third-order valence-corrected chi connectivity index (χ3v) is 2.56. The van der Waals surface area contributed by atoms with Gasteiger partial charge in [0.05, 0.1) is 11.9 Å². The highest BCUT2D eigenvalue weighted by Gasteiger charge is 2.03. The normalized spacial score (nSPS) is 10.7. The molecule has 18 heavy (non-hydrogen) atoms. The van der Waals surface area contributed by atoms with Gasteiger partial charge in [0, 0.05) is 29.7 Å². The van der Waals surface area contributed by atoms with Gasteiger partial charge in [-0.25, -0.2) is 0 Å². The minimum absolute atomic E-state index is 0.127. The summed E-state index contributed by atoms with van der Waals surface area (Å²) < 4.78 is 0. The second-order valence-corrected chi connectivity index (χ2v) is 4.02. The number of thiocarbonyl (C=S) groups is 1. The van der Waals surface area contributed by atoms with Crippen molar-refractivity contribution in [3.8, 4) is 0 Å². The lowest BCUT2D eigenvalue weighted by molar-refractivity contribution is 1.04. The van der Waals surface area contributed by atoms with E-state index in [1.807, 2.05) is 31.3 Å². The van der Waals surface area contributed by atoms with Crippen LogP contribution in [0.1, 0.15) is 5.69 Å². The van der Waals surface area contributed by atoms with Gasteiger partial charge in [0.2, 0.25) is 0 Å². The molecule has 1 aromatic carbocycles. The van der Waals surface area contributed by atoms with Gasteiger partial charge in [-0.3, -0.25) is 10.4 Å². The zero-order chi connectivity index (χ0) is 13.0. The summed E-state index contributed by atoms with van der Waals surface area (Å²) in [6.45, 7) is 0. The number of anilines is 1. The molecule has 2 aromatic rings. The second-order valence-electron chi connectivity index (χ2n) is 3.58. The van der Waals surface area contributed by atoms with Crippen LogP contribution in [0.4, 0.5) is 5.69 Å². The monoisotopic (exact) mass is 259 g/mol. The van der Waals surface area contributed by atoms with Crippen molar-refractivity contribution in [2.75, 3.05) is 12.4 Å². The standard InChI is InChI=1S/C12H13N5S/c1-14-10-4-2-3-8-9(10)5-6-15-11(8)7-16-17-12(13)18/h2-7,14H,1H3,(H3,13,17,18). The van der Waals surface area contributed by atoms with Crippen molar-refractivity contribution >= 4 is 40.0 Å². The summed E-state index contributed by atoms with van der Waals surface area (Å²) in [6.07, 6.45) is 3.34. The molecule has 1 heterocycles. The number of pyridine rings is 1. The smallest absolute Gasteiger partial charge is 0.184 e. The molecule has 0 aliphatic carbocycles. The molecule has 0 saturated heterocycles. The van der Waals surface area contributed by atoms with E-state index in [0.717, 1.165) is 22.2 Å². The molecule has 0 unspecified atom stereocenters. The summed E-state index contributed by atoms with van der Waals surface area (Å²) in [5.74, 6) is 0. The molecule has 0 amide bonds. The molecule has 0 atom stereocenters. The second kappa shape index (κ2) is 5.42. The predicted octanol–water partition coefficient (Wildman–Crippen LogP) is 1.44. The number of fused-ring (bicyclic) bond motifs is 1. The Labute approximate surface area is 110 Å². The van der Waals surface area contributed by atoms with E-state index in [1.54, 1.807) is 12.4 Å². The zero-order valence-corrected chi connectivity index (χ0v) is 10.7. The fourth-order valence-electron chi connectivity index (χ4n) is 1.71. The molecular formula is C12H13N5S. The van der Waals surface area contributed by atoms with Crippen LogP contribution in [0.25, 0.3) is 10.8 Å². The molecule has 5 nitrogen and oxygen atoms in total. The van der Waals surface area contributed by atoms with Crippen molar-refractivity contribution in [3.05, 3.63) is 36.2 Å². The average Bonchev–Trinajstić information content (AvgIpc) is 2.38. The fraction of sp³-hybridized carbons (Fsp3) is 0.0833. The Morgan fingerprint density at radius 2 is 2.22 bits per heavy atom. The van der Waals surface area contributed by atoms with Crippen LogP contribution in [0.3, 0.4) is 0 Å². The first-order valence-corrected chi connectivity index (χ1v) is 5.77. The molecule has 0 spiro atoms. The first-order chi connectivity index (χ1) is 8.72. The zero-order valence-electron chi connectivity index (χ0n) is 9.84. The Hall–Kier alpha value is -2.21. The molecule has 4 N–H and O–H groups in total. The number of benzene rings is 1. The number of hydrogen-bond acceptors (Lipinski definition) is 4. The lowest BCUT2D eigenvalue weighted by Gasteiger charge is -2.06. The van der Waals surface area contributed by atoms with Crippen molar-refractivity contribution in [2.24, 2.45) is 10.8 Å². The Morgan fingerprint density at radius 3 is 2.94 bits per heavy atom. The van der Waals surface area contributed by atoms with Gasteiger partial charge >= 0.3 is 0 Å². The van der Waals surface area contributed by atoms with Crippen LogP contribution >= 0.6 is 12.2 Å². The Balaban J connectivity index is 2.46. The van der Waals surface area contributed by atoms with E-state index >= 15 is 0 Å². The highest BCUT2D eigenvalue weighted by atomic mass is 32.1. The Kier molecular flexibility index (Phi) is 3.69. The van der Waals surface area contributed by atoms with Gasteiger partial charge in [0.15, 0.2) is 5.11 Å². The van der Waals surface area contributed by atoms with Gasteiger partial charge < -0.3 is 11.1 Å². The number of hydrogen-bond donors (Lipinski definition) is 3. The fourth-order valence-corrected chi connectivity index (χ4v) is 1.76.